The van der Waals surface area contributed by atoms with Gasteiger partial charge in [0.1, 0.15) is 0 Å². The quantitative estimate of drug-likeness (QED) is 0.611. The van der Waals surface area contributed by atoms with Gasteiger partial charge < -0.3 is 4.90 Å². The molecule has 0 radical (unpaired) electrons. The highest BCUT2D eigenvalue weighted by Crippen LogP contribution is 2.26. The molecule has 84 valence electrons. The van der Waals surface area contributed by atoms with Crippen molar-refractivity contribution in [3.05, 3.63) is 39.9 Å². The fourth-order valence-corrected chi connectivity index (χ4v) is 2.36. The molecule has 0 saturated heterocycles. The van der Waals surface area contributed by atoms with Gasteiger partial charge in [0.05, 0.1) is 0 Å². The number of hydrogen-bond acceptors (Lipinski definition) is 2. The van der Waals surface area contributed by atoms with Gasteiger partial charge in [0, 0.05) is 28.8 Å². The van der Waals surface area contributed by atoms with Crippen molar-refractivity contribution in [2.24, 2.45) is 0 Å². The minimum Gasteiger partial charge on any atom is -0.367 e. The first-order valence-electron chi connectivity index (χ1n) is 5.36. The SMILES string of the molecule is CC1=CCCN(c2cc(Br)ccc2C=O)C1. The molecule has 0 aliphatic carbocycles. The van der Waals surface area contributed by atoms with Crippen molar-refractivity contribution in [1.29, 1.82) is 0 Å². The monoisotopic (exact) mass is 279 g/mol. The molecular formula is C13H14BrNO. The van der Waals surface area contributed by atoms with Crippen molar-refractivity contribution in [1.82, 2.24) is 0 Å². The van der Waals surface area contributed by atoms with Gasteiger partial charge in [0.2, 0.25) is 0 Å². The van der Waals surface area contributed by atoms with E-state index in [1.165, 1.54) is 5.57 Å². The first-order valence-corrected chi connectivity index (χ1v) is 6.15. The summed E-state index contributed by atoms with van der Waals surface area (Å²) in [6.45, 7) is 4.02. The average Bonchev–Trinajstić information content (AvgIpc) is 2.29. The number of hydrogen-bond donors (Lipinski definition) is 0. The number of halogens is 1. The van der Waals surface area contributed by atoms with Crippen LogP contribution in [0.2, 0.25) is 0 Å². The first kappa shape index (κ1) is 11.4. The first-order chi connectivity index (χ1) is 7.70. The molecule has 0 saturated carbocycles. The van der Waals surface area contributed by atoms with E-state index in [1.807, 2.05) is 18.2 Å². The fourth-order valence-electron chi connectivity index (χ4n) is 2.01. The Balaban J connectivity index is 2.35. The zero-order valence-corrected chi connectivity index (χ0v) is 10.8. The molecule has 0 bridgehead atoms. The Kier molecular flexibility index (Phi) is 3.44. The third-order valence-electron chi connectivity index (χ3n) is 2.79. The van der Waals surface area contributed by atoms with E-state index in [0.717, 1.165) is 41.5 Å². The standard InChI is InChI=1S/C13H14BrNO/c1-10-3-2-6-15(8-10)13-7-12(14)5-4-11(13)9-16/h3-5,7,9H,2,6,8H2,1H3. The van der Waals surface area contributed by atoms with Gasteiger partial charge in [-0.05, 0) is 31.5 Å². The van der Waals surface area contributed by atoms with Crippen LogP contribution in [0.25, 0.3) is 0 Å². The van der Waals surface area contributed by atoms with Crippen molar-refractivity contribution >= 4 is 27.9 Å². The fraction of sp³-hybridized carbons (Fsp3) is 0.308. The number of aldehydes is 1. The molecule has 0 atom stereocenters. The Morgan fingerprint density at radius 3 is 2.94 bits per heavy atom. The van der Waals surface area contributed by atoms with Crippen molar-refractivity contribution in [3.8, 4) is 0 Å². The average molecular weight is 280 g/mol. The van der Waals surface area contributed by atoms with E-state index in [2.05, 4.69) is 33.8 Å². The Bertz CT molecular complexity index is 440. The summed E-state index contributed by atoms with van der Waals surface area (Å²) < 4.78 is 1.01. The number of nitrogens with zero attached hydrogens (tertiary/aromatic N) is 1. The van der Waals surface area contributed by atoms with Crippen LogP contribution in [0.5, 0.6) is 0 Å². The highest BCUT2D eigenvalue weighted by atomic mass is 79.9. The third kappa shape index (κ3) is 2.35. The number of rotatable bonds is 2. The molecule has 0 aromatic heterocycles. The van der Waals surface area contributed by atoms with E-state index in [9.17, 15) is 4.79 Å². The summed E-state index contributed by atoms with van der Waals surface area (Å²) >= 11 is 3.45. The molecule has 0 unspecified atom stereocenters. The van der Waals surface area contributed by atoms with Crippen molar-refractivity contribution in [2.45, 2.75) is 13.3 Å². The Labute approximate surface area is 104 Å². The van der Waals surface area contributed by atoms with E-state index in [1.54, 1.807) is 0 Å². The summed E-state index contributed by atoms with van der Waals surface area (Å²) in [4.78, 5) is 13.3. The molecule has 0 spiro atoms. The smallest absolute Gasteiger partial charge is 0.152 e. The summed E-state index contributed by atoms with van der Waals surface area (Å²) in [7, 11) is 0. The van der Waals surface area contributed by atoms with Crippen LogP contribution in [0.15, 0.2) is 34.3 Å². The van der Waals surface area contributed by atoms with Crippen LogP contribution < -0.4 is 4.90 Å². The predicted octanol–water partition coefficient (Wildman–Crippen LogP) is 3.42. The maximum Gasteiger partial charge on any atom is 0.152 e. The summed E-state index contributed by atoms with van der Waals surface area (Å²) in [6.07, 6.45) is 4.24. The van der Waals surface area contributed by atoms with Gasteiger partial charge in [-0.3, -0.25) is 4.79 Å². The minimum atomic E-state index is 0.762. The second kappa shape index (κ2) is 4.83. The topological polar surface area (TPSA) is 20.3 Å². The molecule has 2 rings (SSSR count). The molecule has 0 fully saturated rings. The molecule has 1 aliphatic heterocycles. The summed E-state index contributed by atoms with van der Waals surface area (Å²) in [5.41, 5.74) is 3.15. The largest absolute Gasteiger partial charge is 0.367 e. The molecule has 16 heavy (non-hydrogen) atoms. The lowest BCUT2D eigenvalue weighted by Gasteiger charge is -2.29. The number of benzene rings is 1. The molecule has 2 nitrogen and oxygen atoms in total. The summed E-state index contributed by atoms with van der Waals surface area (Å²) in [6, 6.07) is 5.78. The highest BCUT2D eigenvalue weighted by Gasteiger charge is 2.14. The molecule has 3 heteroatoms. The molecule has 0 amide bonds. The van der Waals surface area contributed by atoms with Gasteiger partial charge in [0.15, 0.2) is 6.29 Å². The third-order valence-corrected chi connectivity index (χ3v) is 3.29. The predicted molar refractivity (Wildman–Crippen MR) is 70.1 cm³/mol. The van der Waals surface area contributed by atoms with Gasteiger partial charge in [-0.15, -0.1) is 0 Å². The Hall–Kier alpha value is -1.09. The zero-order valence-electron chi connectivity index (χ0n) is 9.24. The van der Waals surface area contributed by atoms with Crippen LogP contribution in [-0.2, 0) is 0 Å². The number of anilines is 1. The van der Waals surface area contributed by atoms with Gasteiger partial charge in [-0.1, -0.05) is 27.6 Å². The summed E-state index contributed by atoms with van der Waals surface area (Å²) in [5.74, 6) is 0. The van der Waals surface area contributed by atoms with Gasteiger partial charge >= 0.3 is 0 Å². The second-order valence-electron chi connectivity index (χ2n) is 4.08. The van der Waals surface area contributed by atoms with Crippen molar-refractivity contribution < 1.29 is 4.79 Å². The lowest BCUT2D eigenvalue weighted by molar-refractivity contribution is 0.112. The Morgan fingerprint density at radius 2 is 2.25 bits per heavy atom. The van der Waals surface area contributed by atoms with Crippen LogP contribution in [0.4, 0.5) is 5.69 Å². The highest BCUT2D eigenvalue weighted by molar-refractivity contribution is 9.10. The molecule has 1 aromatic carbocycles. The molecule has 0 N–H and O–H groups in total. The van der Waals surface area contributed by atoms with E-state index in [-0.39, 0.29) is 0 Å². The second-order valence-corrected chi connectivity index (χ2v) is 5.00. The van der Waals surface area contributed by atoms with Crippen LogP contribution in [0, 0.1) is 0 Å². The van der Waals surface area contributed by atoms with Crippen LogP contribution in [0.3, 0.4) is 0 Å². The molecule has 1 aliphatic rings. The normalized spacial score (nSPS) is 15.9. The van der Waals surface area contributed by atoms with Crippen LogP contribution >= 0.6 is 15.9 Å². The summed E-state index contributed by atoms with van der Waals surface area (Å²) in [5, 5.41) is 0. The molecule has 1 aromatic rings. The molecule has 1 heterocycles. The van der Waals surface area contributed by atoms with Crippen molar-refractivity contribution in [3.63, 3.8) is 0 Å². The van der Waals surface area contributed by atoms with E-state index >= 15 is 0 Å². The minimum absolute atomic E-state index is 0.762. The van der Waals surface area contributed by atoms with Gasteiger partial charge in [-0.25, -0.2) is 0 Å². The van der Waals surface area contributed by atoms with Crippen molar-refractivity contribution in [2.75, 3.05) is 18.0 Å². The maximum atomic E-state index is 11.0. The maximum absolute atomic E-state index is 11.0. The van der Waals surface area contributed by atoms with Crippen LogP contribution in [0.1, 0.15) is 23.7 Å². The molecular weight excluding hydrogens is 266 g/mol. The zero-order chi connectivity index (χ0) is 11.5. The van der Waals surface area contributed by atoms with Gasteiger partial charge in [0.25, 0.3) is 0 Å². The lowest BCUT2D eigenvalue weighted by Crippen LogP contribution is -2.29. The Morgan fingerprint density at radius 1 is 1.44 bits per heavy atom. The van der Waals surface area contributed by atoms with E-state index in [0.29, 0.717) is 0 Å². The van der Waals surface area contributed by atoms with E-state index in [4.69, 9.17) is 0 Å². The number of carbonyl (C=O) groups is 1. The van der Waals surface area contributed by atoms with E-state index < -0.39 is 0 Å². The van der Waals surface area contributed by atoms with Crippen LogP contribution in [-0.4, -0.2) is 19.4 Å². The van der Waals surface area contributed by atoms with Gasteiger partial charge in [-0.2, -0.15) is 0 Å². The number of carbonyl (C=O) groups excluding carboxylic acids is 1. The lowest BCUT2D eigenvalue weighted by atomic mass is 10.1.